The monoisotopic (exact) mass is 247 g/mol. The van der Waals surface area contributed by atoms with Gasteiger partial charge in [-0.1, -0.05) is 6.07 Å². The predicted octanol–water partition coefficient (Wildman–Crippen LogP) is 2.04. The van der Waals surface area contributed by atoms with Crippen molar-refractivity contribution in [2.24, 2.45) is 5.92 Å². The zero-order valence-corrected chi connectivity index (χ0v) is 10.9. The number of hydrogen-bond donors (Lipinski definition) is 2. The summed E-state index contributed by atoms with van der Waals surface area (Å²) in [5.41, 5.74) is 2.29. The highest BCUT2D eigenvalue weighted by molar-refractivity contribution is 5.39. The van der Waals surface area contributed by atoms with Crippen molar-refractivity contribution in [1.82, 2.24) is 5.32 Å². The van der Waals surface area contributed by atoms with Crippen LogP contribution in [0.1, 0.15) is 36.5 Å². The van der Waals surface area contributed by atoms with E-state index in [-0.39, 0.29) is 12.1 Å². The van der Waals surface area contributed by atoms with Gasteiger partial charge in [-0.2, -0.15) is 0 Å². The number of benzene rings is 1. The van der Waals surface area contributed by atoms with E-state index in [1.807, 2.05) is 12.1 Å². The van der Waals surface area contributed by atoms with Gasteiger partial charge < -0.3 is 15.2 Å². The smallest absolute Gasteiger partial charge is 0.119 e. The van der Waals surface area contributed by atoms with Gasteiger partial charge in [0.1, 0.15) is 5.75 Å². The maximum atomic E-state index is 10.4. The van der Waals surface area contributed by atoms with Crippen molar-refractivity contribution >= 4 is 0 Å². The van der Waals surface area contributed by atoms with E-state index >= 15 is 0 Å². The molecule has 0 amide bonds. The van der Waals surface area contributed by atoms with Crippen molar-refractivity contribution < 1.29 is 9.84 Å². The summed E-state index contributed by atoms with van der Waals surface area (Å²) < 4.78 is 5.23. The molecule has 0 bridgehead atoms. The summed E-state index contributed by atoms with van der Waals surface area (Å²) >= 11 is 0. The van der Waals surface area contributed by atoms with Crippen LogP contribution < -0.4 is 10.1 Å². The molecule has 2 unspecified atom stereocenters. The molecule has 0 aliphatic heterocycles. The van der Waals surface area contributed by atoms with Gasteiger partial charge >= 0.3 is 0 Å². The summed E-state index contributed by atoms with van der Waals surface area (Å²) in [5.74, 6) is 1.74. The fourth-order valence-electron chi connectivity index (χ4n) is 2.75. The van der Waals surface area contributed by atoms with E-state index in [0.717, 1.165) is 36.6 Å². The Balaban J connectivity index is 1.71. The summed E-state index contributed by atoms with van der Waals surface area (Å²) in [6, 6.07) is 6.21. The topological polar surface area (TPSA) is 41.5 Å². The molecule has 98 valence electrons. The van der Waals surface area contributed by atoms with Crippen LogP contribution in [0.3, 0.4) is 0 Å². The largest absolute Gasteiger partial charge is 0.497 e. The number of hydrogen-bond acceptors (Lipinski definition) is 3. The van der Waals surface area contributed by atoms with Crippen LogP contribution in [-0.2, 0) is 6.42 Å². The van der Waals surface area contributed by atoms with E-state index in [4.69, 9.17) is 4.74 Å². The molecule has 0 saturated heterocycles. The molecule has 3 rings (SSSR count). The minimum atomic E-state index is -0.376. The summed E-state index contributed by atoms with van der Waals surface area (Å²) in [4.78, 5) is 0. The number of fused-ring (bicyclic) bond motifs is 1. The van der Waals surface area contributed by atoms with Crippen molar-refractivity contribution in [2.75, 3.05) is 13.7 Å². The Bertz CT molecular complexity index is 429. The van der Waals surface area contributed by atoms with Gasteiger partial charge in [0.25, 0.3) is 0 Å². The summed E-state index contributed by atoms with van der Waals surface area (Å²) in [6.45, 7) is 1.06. The second kappa shape index (κ2) is 4.90. The van der Waals surface area contributed by atoms with Crippen LogP contribution in [0.4, 0.5) is 0 Å². The first-order chi connectivity index (χ1) is 8.78. The van der Waals surface area contributed by atoms with Gasteiger partial charge in [-0.15, -0.1) is 0 Å². The maximum absolute atomic E-state index is 10.4. The molecule has 1 fully saturated rings. The van der Waals surface area contributed by atoms with E-state index in [1.165, 1.54) is 18.4 Å². The molecular formula is C15H21NO2. The predicted molar refractivity (Wildman–Crippen MR) is 70.8 cm³/mol. The molecule has 1 saturated carbocycles. The van der Waals surface area contributed by atoms with Crippen molar-refractivity contribution in [3.05, 3.63) is 29.3 Å². The minimum absolute atomic E-state index is 0.214. The lowest BCUT2D eigenvalue weighted by Gasteiger charge is -2.31. The molecule has 2 aliphatic rings. The van der Waals surface area contributed by atoms with Crippen LogP contribution in [-0.4, -0.2) is 24.8 Å². The molecule has 0 spiro atoms. The number of ether oxygens (including phenoxy) is 1. The molecule has 3 nitrogen and oxygen atoms in total. The maximum Gasteiger partial charge on any atom is 0.119 e. The van der Waals surface area contributed by atoms with Gasteiger partial charge in [0.05, 0.1) is 13.2 Å². The third-order valence-corrected chi connectivity index (χ3v) is 4.14. The standard InChI is InChI=1S/C15H21NO2/c1-18-12-5-6-13-11(8-12)4-7-14(15(13)17)16-9-10-2-3-10/h5-6,8,10,14-17H,2-4,7,9H2,1H3. The molecule has 0 radical (unpaired) electrons. The zero-order valence-electron chi connectivity index (χ0n) is 10.9. The summed E-state index contributed by atoms with van der Waals surface area (Å²) in [7, 11) is 1.68. The Morgan fingerprint density at radius 2 is 2.17 bits per heavy atom. The molecule has 3 heteroatoms. The Morgan fingerprint density at radius 3 is 2.89 bits per heavy atom. The number of aliphatic hydroxyl groups excluding tert-OH is 1. The highest BCUT2D eigenvalue weighted by atomic mass is 16.5. The fourth-order valence-corrected chi connectivity index (χ4v) is 2.75. The first-order valence-corrected chi connectivity index (χ1v) is 6.86. The van der Waals surface area contributed by atoms with E-state index < -0.39 is 0 Å². The average Bonchev–Trinajstić information content (AvgIpc) is 3.21. The van der Waals surface area contributed by atoms with E-state index in [9.17, 15) is 5.11 Å². The van der Waals surface area contributed by atoms with Gasteiger partial charge in [-0.25, -0.2) is 0 Å². The van der Waals surface area contributed by atoms with Crippen LogP contribution in [0.5, 0.6) is 5.75 Å². The highest BCUT2D eigenvalue weighted by Crippen LogP contribution is 2.33. The number of nitrogens with one attached hydrogen (secondary N) is 1. The fraction of sp³-hybridized carbons (Fsp3) is 0.600. The Kier molecular flexibility index (Phi) is 3.27. The number of aliphatic hydroxyl groups is 1. The van der Waals surface area contributed by atoms with E-state index in [0.29, 0.717) is 0 Å². The van der Waals surface area contributed by atoms with Crippen molar-refractivity contribution in [1.29, 1.82) is 0 Å². The molecule has 1 aromatic rings. The average molecular weight is 247 g/mol. The summed E-state index contributed by atoms with van der Waals surface area (Å²) in [6.07, 6.45) is 4.35. The van der Waals surface area contributed by atoms with Crippen LogP contribution >= 0.6 is 0 Å². The molecule has 2 atom stereocenters. The normalized spacial score (nSPS) is 26.8. The van der Waals surface area contributed by atoms with Gasteiger partial charge in [0, 0.05) is 6.04 Å². The van der Waals surface area contributed by atoms with Crippen LogP contribution in [0, 0.1) is 5.92 Å². The molecule has 0 heterocycles. The number of methoxy groups -OCH3 is 1. The lowest BCUT2D eigenvalue weighted by Crippen LogP contribution is -2.39. The van der Waals surface area contributed by atoms with Crippen molar-refractivity contribution in [2.45, 2.75) is 37.8 Å². The van der Waals surface area contributed by atoms with Gasteiger partial charge in [0.2, 0.25) is 0 Å². The van der Waals surface area contributed by atoms with Gasteiger partial charge in [-0.05, 0) is 61.4 Å². The van der Waals surface area contributed by atoms with Gasteiger partial charge in [-0.3, -0.25) is 0 Å². The zero-order chi connectivity index (χ0) is 12.5. The van der Waals surface area contributed by atoms with Crippen LogP contribution in [0.15, 0.2) is 18.2 Å². The van der Waals surface area contributed by atoms with Crippen LogP contribution in [0.2, 0.25) is 0 Å². The second-order valence-electron chi connectivity index (χ2n) is 5.51. The molecule has 0 aromatic heterocycles. The Labute approximate surface area is 108 Å². The van der Waals surface area contributed by atoms with Crippen LogP contribution in [0.25, 0.3) is 0 Å². The first kappa shape index (κ1) is 12.0. The molecule has 2 aliphatic carbocycles. The first-order valence-electron chi connectivity index (χ1n) is 6.86. The molecule has 1 aromatic carbocycles. The number of aryl methyl sites for hydroxylation is 1. The highest BCUT2D eigenvalue weighted by Gasteiger charge is 2.30. The quantitative estimate of drug-likeness (QED) is 0.855. The third kappa shape index (κ3) is 2.38. The molecular weight excluding hydrogens is 226 g/mol. The van der Waals surface area contributed by atoms with E-state index in [2.05, 4.69) is 11.4 Å². The Hall–Kier alpha value is -1.06. The SMILES string of the molecule is COc1ccc2c(c1)CCC(NCC1CC1)C2O. The molecule has 2 N–H and O–H groups in total. The Morgan fingerprint density at radius 1 is 1.33 bits per heavy atom. The summed E-state index contributed by atoms with van der Waals surface area (Å²) in [5, 5.41) is 13.9. The lowest BCUT2D eigenvalue weighted by molar-refractivity contribution is 0.114. The van der Waals surface area contributed by atoms with E-state index in [1.54, 1.807) is 7.11 Å². The third-order valence-electron chi connectivity index (χ3n) is 4.14. The number of rotatable bonds is 4. The molecule has 18 heavy (non-hydrogen) atoms. The van der Waals surface area contributed by atoms with Gasteiger partial charge in [0.15, 0.2) is 0 Å². The van der Waals surface area contributed by atoms with Crippen molar-refractivity contribution in [3.63, 3.8) is 0 Å². The van der Waals surface area contributed by atoms with Crippen molar-refractivity contribution in [3.8, 4) is 5.75 Å². The minimum Gasteiger partial charge on any atom is -0.497 e. The lowest BCUT2D eigenvalue weighted by atomic mass is 9.85. The second-order valence-corrected chi connectivity index (χ2v) is 5.51.